The fourth-order valence-electron chi connectivity index (χ4n) is 4.94. The maximum absolute atomic E-state index is 9.35. The van der Waals surface area contributed by atoms with Crippen LogP contribution < -0.4 is 4.90 Å². The summed E-state index contributed by atoms with van der Waals surface area (Å²) in [6, 6.07) is 6.68. The zero-order chi connectivity index (χ0) is 24.0. The van der Waals surface area contributed by atoms with Crippen molar-refractivity contribution in [3.8, 4) is 6.07 Å². The summed E-state index contributed by atoms with van der Waals surface area (Å²) in [6.07, 6.45) is 9.98. The van der Waals surface area contributed by atoms with E-state index in [1.165, 1.54) is 16.8 Å². The highest BCUT2D eigenvalue weighted by molar-refractivity contribution is 5.72. The van der Waals surface area contributed by atoms with Gasteiger partial charge < -0.3 is 9.64 Å². The summed E-state index contributed by atoms with van der Waals surface area (Å²) < 4.78 is 6.10. The van der Waals surface area contributed by atoms with Crippen LogP contribution in [0.5, 0.6) is 0 Å². The summed E-state index contributed by atoms with van der Waals surface area (Å²) in [4.78, 5) is 5.96. The largest absolute Gasteiger partial charge is 0.462 e. The van der Waals surface area contributed by atoms with E-state index in [1.807, 2.05) is 26.0 Å². The van der Waals surface area contributed by atoms with Crippen LogP contribution in [-0.4, -0.2) is 13.1 Å². The molecule has 0 amide bonds. The van der Waals surface area contributed by atoms with E-state index in [0.717, 1.165) is 37.3 Å². The first-order valence-corrected chi connectivity index (χ1v) is 11.8. The maximum atomic E-state index is 9.35. The van der Waals surface area contributed by atoms with Gasteiger partial charge in [-0.2, -0.15) is 0 Å². The number of ether oxygens (including phenoxy) is 1. The molecule has 1 aromatic carbocycles. The molecule has 0 saturated carbocycles. The molecule has 1 aromatic rings. The average molecular weight is 440 g/mol. The van der Waals surface area contributed by atoms with Crippen LogP contribution in [0.3, 0.4) is 0 Å². The van der Waals surface area contributed by atoms with Crippen LogP contribution in [0.1, 0.15) is 71.1 Å². The number of hydrogen-bond donors (Lipinski definition) is 0. The molecule has 3 aliphatic heterocycles. The van der Waals surface area contributed by atoms with E-state index in [-0.39, 0.29) is 22.4 Å². The Morgan fingerprint density at radius 3 is 2.21 bits per heavy atom. The van der Waals surface area contributed by atoms with Gasteiger partial charge in [0, 0.05) is 24.7 Å². The molecule has 170 valence electrons. The van der Waals surface area contributed by atoms with Crippen LogP contribution >= 0.6 is 0 Å². The van der Waals surface area contributed by atoms with E-state index in [0.29, 0.717) is 11.3 Å². The molecule has 4 rings (SSSR count). The van der Waals surface area contributed by atoms with Crippen molar-refractivity contribution in [3.05, 3.63) is 81.3 Å². The van der Waals surface area contributed by atoms with Gasteiger partial charge in [-0.15, -0.1) is 0 Å². The molecular weight excluding hydrogens is 406 g/mol. The summed E-state index contributed by atoms with van der Waals surface area (Å²) in [5, 5.41) is 9.35. The highest BCUT2D eigenvalue weighted by atomic mass is 16.5. The number of anilines is 1. The predicted molar refractivity (Wildman–Crippen MR) is 134 cm³/mol. The van der Waals surface area contributed by atoms with Crippen LogP contribution in [0.2, 0.25) is 0 Å². The van der Waals surface area contributed by atoms with Crippen molar-refractivity contribution < 1.29 is 4.74 Å². The number of rotatable bonds is 3. The molecular formula is C29H33N3O. The lowest BCUT2D eigenvalue weighted by Gasteiger charge is -2.48. The molecule has 0 aromatic heterocycles. The van der Waals surface area contributed by atoms with E-state index < -0.39 is 0 Å². The molecule has 0 unspecified atom stereocenters. The SMILES string of the molecule is [C-]#[N+]/C(C#N)=C1C=C(/C=C/c2cc3c4c(c2)C(C)(C)CCN4CCC3(C)C)OC(C(C)C)=C\1. The Kier molecular flexibility index (Phi) is 5.75. The molecule has 3 aliphatic rings. The lowest BCUT2D eigenvalue weighted by atomic mass is 9.69. The minimum atomic E-state index is 0.0872. The second kappa shape index (κ2) is 8.27. The third kappa shape index (κ3) is 4.23. The molecule has 3 heterocycles. The Labute approximate surface area is 198 Å². The minimum absolute atomic E-state index is 0.0872. The van der Waals surface area contributed by atoms with Gasteiger partial charge in [0.2, 0.25) is 0 Å². The van der Waals surface area contributed by atoms with E-state index in [1.54, 1.807) is 12.2 Å². The van der Waals surface area contributed by atoms with Gasteiger partial charge in [0.05, 0.1) is 12.6 Å². The molecule has 0 saturated heterocycles. The minimum Gasteiger partial charge on any atom is -0.462 e. The van der Waals surface area contributed by atoms with Gasteiger partial charge in [0.1, 0.15) is 11.5 Å². The monoisotopic (exact) mass is 439 g/mol. The Morgan fingerprint density at radius 2 is 1.70 bits per heavy atom. The average Bonchev–Trinajstić information content (AvgIpc) is 2.77. The Hall–Kier alpha value is -3.24. The molecule has 0 bridgehead atoms. The summed E-state index contributed by atoms with van der Waals surface area (Å²) in [5.74, 6) is 1.57. The van der Waals surface area contributed by atoms with Crippen molar-refractivity contribution in [1.82, 2.24) is 0 Å². The van der Waals surface area contributed by atoms with Gasteiger partial charge in [-0.3, -0.25) is 0 Å². The van der Waals surface area contributed by atoms with Gasteiger partial charge in [-0.25, -0.2) is 10.1 Å². The summed E-state index contributed by atoms with van der Waals surface area (Å²) in [6.45, 7) is 23.1. The van der Waals surface area contributed by atoms with E-state index >= 15 is 0 Å². The van der Waals surface area contributed by atoms with Crippen LogP contribution in [0.15, 0.2) is 53.1 Å². The topological polar surface area (TPSA) is 40.6 Å². The first-order chi connectivity index (χ1) is 15.6. The van der Waals surface area contributed by atoms with Gasteiger partial charge >= 0.3 is 0 Å². The van der Waals surface area contributed by atoms with E-state index in [4.69, 9.17) is 11.3 Å². The normalized spacial score (nSPS) is 22.0. The smallest absolute Gasteiger partial charge is 0.269 e. The lowest BCUT2D eigenvalue weighted by molar-refractivity contribution is 0.275. The first kappa shape index (κ1) is 22.9. The molecule has 0 atom stereocenters. The molecule has 33 heavy (non-hydrogen) atoms. The summed E-state index contributed by atoms with van der Waals surface area (Å²) in [5.41, 5.74) is 6.44. The maximum Gasteiger partial charge on any atom is 0.269 e. The Bertz CT molecular complexity index is 1140. The Balaban J connectivity index is 1.78. The van der Waals surface area contributed by atoms with E-state index in [9.17, 15) is 5.26 Å². The van der Waals surface area contributed by atoms with Gasteiger partial charge in [0.25, 0.3) is 5.70 Å². The number of allylic oxidation sites excluding steroid dienone is 6. The predicted octanol–water partition coefficient (Wildman–Crippen LogP) is 7.02. The summed E-state index contributed by atoms with van der Waals surface area (Å²) >= 11 is 0. The fraction of sp³-hybridized carbons (Fsp3) is 0.448. The third-order valence-corrected chi connectivity index (χ3v) is 7.25. The lowest BCUT2D eigenvalue weighted by Crippen LogP contribution is -2.44. The van der Waals surface area contributed by atoms with Crippen molar-refractivity contribution in [3.63, 3.8) is 0 Å². The number of benzene rings is 1. The second-order valence-electron chi connectivity index (χ2n) is 10.9. The standard InChI is InChI=1S/C29H33N3O/c1-19(2)26-17-21(25(18-30)31-7)16-22(33-26)9-8-20-14-23-27-24(15-20)29(5,6)11-13-32(27)12-10-28(23,3)4/h8-9,14-17,19H,10-13H2,1-6H3/b9-8+,25-21+. The third-order valence-electron chi connectivity index (χ3n) is 7.25. The van der Waals surface area contributed by atoms with Crippen molar-refractivity contribution in [2.75, 3.05) is 18.0 Å². The summed E-state index contributed by atoms with van der Waals surface area (Å²) in [7, 11) is 0. The highest BCUT2D eigenvalue weighted by Gasteiger charge is 2.39. The highest BCUT2D eigenvalue weighted by Crippen LogP contribution is 2.49. The number of nitriles is 1. The van der Waals surface area contributed by atoms with Crippen molar-refractivity contribution in [2.45, 2.75) is 65.2 Å². The molecule has 4 heteroatoms. The second-order valence-corrected chi connectivity index (χ2v) is 10.9. The Morgan fingerprint density at radius 1 is 1.09 bits per heavy atom. The zero-order valence-corrected chi connectivity index (χ0v) is 20.6. The van der Waals surface area contributed by atoms with Crippen LogP contribution in [-0.2, 0) is 15.6 Å². The fourth-order valence-corrected chi connectivity index (χ4v) is 4.94. The van der Waals surface area contributed by atoms with Crippen molar-refractivity contribution in [1.29, 1.82) is 5.26 Å². The van der Waals surface area contributed by atoms with Crippen molar-refractivity contribution in [2.24, 2.45) is 5.92 Å². The van der Waals surface area contributed by atoms with Gasteiger partial charge in [-0.1, -0.05) is 47.6 Å². The van der Waals surface area contributed by atoms with E-state index in [2.05, 4.69) is 55.6 Å². The van der Waals surface area contributed by atoms with Crippen molar-refractivity contribution >= 4 is 11.8 Å². The van der Waals surface area contributed by atoms with Gasteiger partial charge in [0.15, 0.2) is 0 Å². The van der Waals surface area contributed by atoms with Crippen LogP contribution in [0.25, 0.3) is 10.9 Å². The first-order valence-electron chi connectivity index (χ1n) is 11.8. The number of hydrogen-bond acceptors (Lipinski definition) is 3. The zero-order valence-electron chi connectivity index (χ0n) is 20.6. The molecule has 4 nitrogen and oxygen atoms in total. The molecule has 0 radical (unpaired) electrons. The van der Waals surface area contributed by atoms with Crippen LogP contribution in [0.4, 0.5) is 5.69 Å². The number of nitrogens with zero attached hydrogens (tertiary/aromatic N) is 3. The molecule has 0 N–H and O–H groups in total. The molecule has 0 aliphatic carbocycles. The quantitative estimate of drug-likeness (QED) is 0.375. The van der Waals surface area contributed by atoms with Crippen LogP contribution in [0, 0.1) is 23.8 Å². The molecule has 0 spiro atoms. The van der Waals surface area contributed by atoms with Gasteiger partial charge in [-0.05, 0) is 76.3 Å². The molecule has 0 fully saturated rings.